The molecule has 0 aliphatic heterocycles. The number of rotatable bonds is 3. The summed E-state index contributed by atoms with van der Waals surface area (Å²) in [4.78, 5) is 0. The van der Waals surface area contributed by atoms with Crippen molar-refractivity contribution < 1.29 is 40.9 Å². The molecule has 0 bridgehead atoms. The molecule has 0 unspecified atom stereocenters. The number of para-hydroxylation sites is 1. The van der Waals surface area contributed by atoms with E-state index in [-0.39, 0.29) is 11.1 Å². The summed E-state index contributed by atoms with van der Waals surface area (Å²) in [5.74, 6) is -1.99. The van der Waals surface area contributed by atoms with Crippen LogP contribution >= 0.6 is 0 Å². The van der Waals surface area contributed by atoms with Gasteiger partial charge >= 0.3 is 12.7 Å². The van der Waals surface area contributed by atoms with E-state index in [0.717, 1.165) is 18.2 Å². The summed E-state index contributed by atoms with van der Waals surface area (Å²) in [6.07, 6.45) is -9.91. The van der Waals surface area contributed by atoms with E-state index in [4.69, 9.17) is 0 Å². The Morgan fingerprint density at radius 3 is 1.91 bits per heavy atom. The van der Waals surface area contributed by atoms with Crippen molar-refractivity contribution in [2.45, 2.75) is 12.7 Å². The minimum absolute atomic E-state index is 0.138. The van der Waals surface area contributed by atoms with Gasteiger partial charge < -0.3 is 14.6 Å². The van der Waals surface area contributed by atoms with Crippen LogP contribution in [0, 0.1) is 0 Å². The Hall–Kier alpha value is -2.58. The van der Waals surface area contributed by atoms with Gasteiger partial charge in [0.1, 0.15) is 17.2 Å². The lowest BCUT2D eigenvalue weighted by Crippen LogP contribution is -2.17. The van der Waals surface area contributed by atoms with Crippen LogP contribution in [-0.4, -0.2) is 17.8 Å². The van der Waals surface area contributed by atoms with Crippen LogP contribution in [-0.2, 0) is 0 Å². The highest BCUT2D eigenvalue weighted by Crippen LogP contribution is 2.40. The molecule has 124 valence electrons. The van der Waals surface area contributed by atoms with E-state index < -0.39 is 30.0 Å². The van der Waals surface area contributed by atoms with E-state index in [1.165, 1.54) is 18.2 Å². The highest BCUT2D eigenvalue weighted by atomic mass is 19.4. The maximum absolute atomic E-state index is 12.4. The Kier molecular flexibility index (Phi) is 4.31. The fourth-order valence-electron chi connectivity index (χ4n) is 1.84. The Bertz CT molecular complexity index is 694. The van der Waals surface area contributed by atoms with Gasteiger partial charge in [-0.3, -0.25) is 0 Å². The summed E-state index contributed by atoms with van der Waals surface area (Å²) < 4.78 is 80.8. The number of ether oxygens (including phenoxy) is 2. The molecule has 0 heterocycles. The second-order valence-electron chi connectivity index (χ2n) is 4.27. The number of phenols is 1. The third-order valence-corrected chi connectivity index (χ3v) is 2.61. The minimum atomic E-state index is -4.95. The lowest BCUT2D eigenvalue weighted by atomic mass is 10.0. The SMILES string of the molecule is Oc1cc(OC(F)(F)F)ccc1-c1ccccc1OC(F)(F)F. The molecule has 0 atom stereocenters. The predicted molar refractivity (Wildman–Crippen MR) is 66.9 cm³/mol. The molecule has 9 heteroatoms. The first-order chi connectivity index (χ1) is 10.6. The van der Waals surface area contributed by atoms with Crippen molar-refractivity contribution in [1.82, 2.24) is 0 Å². The molecule has 0 aliphatic rings. The Labute approximate surface area is 125 Å². The van der Waals surface area contributed by atoms with E-state index in [1.54, 1.807) is 0 Å². The average molecular weight is 338 g/mol. The molecule has 0 radical (unpaired) electrons. The summed E-state index contributed by atoms with van der Waals surface area (Å²) in [5.41, 5.74) is -0.278. The van der Waals surface area contributed by atoms with Crippen LogP contribution in [0.15, 0.2) is 42.5 Å². The first-order valence-electron chi connectivity index (χ1n) is 5.99. The first-order valence-corrected chi connectivity index (χ1v) is 5.99. The van der Waals surface area contributed by atoms with Crippen LogP contribution in [0.25, 0.3) is 11.1 Å². The van der Waals surface area contributed by atoms with Gasteiger partial charge in [-0.1, -0.05) is 18.2 Å². The third-order valence-electron chi connectivity index (χ3n) is 2.61. The van der Waals surface area contributed by atoms with Crippen molar-refractivity contribution in [2.75, 3.05) is 0 Å². The van der Waals surface area contributed by atoms with E-state index in [9.17, 15) is 31.4 Å². The number of alkyl halides is 6. The van der Waals surface area contributed by atoms with Gasteiger partial charge in [-0.15, -0.1) is 26.3 Å². The smallest absolute Gasteiger partial charge is 0.507 e. The minimum Gasteiger partial charge on any atom is -0.507 e. The second-order valence-corrected chi connectivity index (χ2v) is 4.27. The van der Waals surface area contributed by atoms with Crippen LogP contribution in [0.5, 0.6) is 17.2 Å². The first kappa shape index (κ1) is 16.8. The molecular weight excluding hydrogens is 330 g/mol. The molecule has 2 aromatic rings. The predicted octanol–water partition coefficient (Wildman–Crippen LogP) is 4.86. The van der Waals surface area contributed by atoms with Crippen molar-refractivity contribution in [3.8, 4) is 28.4 Å². The Morgan fingerprint density at radius 2 is 1.35 bits per heavy atom. The zero-order chi connectivity index (χ0) is 17.3. The summed E-state index contributed by atoms with van der Waals surface area (Å²) in [6.45, 7) is 0. The molecule has 0 fully saturated rings. The molecule has 0 amide bonds. The van der Waals surface area contributed by atoms with E-state index in [1.807, 2.05) is 0 Å². The standard InChI is InChI=1S/C14H8F6O3/c15-13(16,17)22-8-5-6-9(11(21)7-8)10-3-1-2-4-12(10)23-14(18,19)20/h1-7,21H. The van der Waals surface area contributed by atoms with E-state index in [0.29, 0.717) is 6.07 Å². The molecule has 0 aliphatic carbocycles. The van der Waals surface area contributed by atoms with Gasteiger partial charge in [-0.25, -0.2) is 0 Å². The zero-order valence-electron chi connectivity index (χ0n) is 11.1. The van der Waals surface area contributed by atoms with Crippen molar-refractivity contribution in [3.05, 3.63) is 42.5 Å². The van der Waals surface area contributed by atoms with Crippen molar-refractivity contribution >= 4 is 0 Å². The van der Waals surface area contributed by atoms with Crippen molar-refractivity contribution in [3.63, 3.8) is 0 Å². The van der Waals surface area contributed by atoms with Gasteiger partial charge in [0.05, 0.1) is 0 Å². The average Bonchev–Trinajstić information content (AvgIpc) is 2.36. The van der Waals surface area contributed by atoms with Gasteiger partial charge in [0.25, 0.3) is 0 Å². The molecule has 0 saturated heterocycles. The van der Waals surface area contributed by atoms with Gasteiger partial charge in [0, 0.05) is 17.2 Å². The summed E-state index contributed by atoms with van der Waals surface area (Å²) in [7, 11) is 0. The largest absolute Gasteiger partial charge is 0.573 e. The normalized spacial score (nSPS) is 12.1. The monoisotopic (exact) mass is 338 g/mol. The quantitative estimate of drug-likeness (QED) is 0.813. The number of benzene rings is 2. The molecule has 1 N–H and O–H groups in total. The lowest BCUT2D eigenvalue weighted by molar-refractivity contribution is -0.275. The maximum Gasteiger partial charge on any atom is 0.573 e. The third kappa shape index (κ3) is 4.70. The van der Waals surface area contributed by atoms with Crippen LogP contribution in [0.4, 0.5) is 26.3 Å². The van der Waals surface area contributed by atoms with Crippen LogP contribution < -0.4 is 9.47 Å². The molecule has 0 spiro atoms. The Morgan fingerprint density at radius 1 is 0.739 bits per heavy atom. The fourth-order valence-corrected chi connectivity index (χ4v) is 1.84. The maximum atomic E-state index is 12.4. The Balaban J connectivity index is 2.40. The molecule has 3 nitrogen and oxygen atoms in total. The number of phenolic OH excluding ortho intramolecular Hbond substituents is 1. The fraction of sp³-hybridized carbons (Fsp3) is 0.143. The molecule has 2 aromatic carbocycles. The van der Waals surface area contributed by atoms with Crippen molar-refractivity contribution in [1.29, 1.82) is 0 Å². The second kappa shape index (κ2) is 5.90. The highest BCUT2D eigenvalue weighted by molar-refractivity contribution is 5.76. The van der Waals surface area contributed by atoms with Crippen LogP contribution in [0.1, 0.15) is 0 Å². The van der Waals surface area contributed by atoms with E-state index >= 15 is 0 Å². The number of halogens is 6. The topological polar surface area (TPSA) is 38.7 Å². The summed E-state index contributed by atoms with van der Waals surface area (Å²) in [5, 5.41) is 9.78. The van der Waals surface area contributed by atoms with Gasteiger partial charge in [-0.05, 0) is 18.2 Å². The number of hydrogen-bond acceptors (Lipinski definition) is 3. The summed E-state index contributed by atoms with van der Waals surface area (Å²) in [6, 6.07) is 7.42. The lowest BCUT2D eigenvalue weighted by Gasteiger charge is -2.15. The van der Waals surface area contributed by atoms with Gasteiger partial charge in [0.15, 0.2) is 0 Å². The number of aromatic hydroxyl groups is 1. The molecular formula is C14H8F6O3. The van der Waals surface area contributed by atoms with Crippen LogP contribution in [0.3, 0.4) is 0 Å². The molecule has 2 rings (SSSR count). The van der Waals surface area contributed by atoms with E-state index in [2.05, 4.69) is 9.47 Å². The summed E-state index contributed by atoms with van der Waals surface area (Å²) >= 11 is 0. The number of hydrogen-bond donors (Lipinski definition) is 1. The van der Waals surface area contributed by atoms with Gasteiger partial charge in [0.2, 0.25) is 0 Å². The molecule has 0 saturated carbocycles. The molecule has 23 heavy (non-hydrogen) atoms. The molecule has 0 aromatic heterocycles. The zero-order valence-corrected chi connectivity index (χ0v) is 11.1. The van der Waals surface area contributed by atoms with Gasteiger partial charge in [-0.2, -0.15) is 0 Å². The van der Waals surface area contributed by atoms with Crippen molar-refractivity contribution in [2.24, 2.45) is 0 Å². The highest BCUT2D eigenvalue weighted by Gasteiger charge is 2.33. The van der Waals surface area contributed by atoms with Crippen LogP contribution in [0.2, 0.25) is 0 Å².